The number of hydrogen-bond acceptors (Lipinski definition) is 4. The number of nitrogens with one attached hydrogen (secondary N) is 2. The molecule has 0 heterocycles. The molecule has 0 aromatic heterocycles. The van der Waals surface area contributed by atoms with E-state index >= 15 is 0 Å². The Morgan fingerprint density at radius 3 is 1.94 bits per heavy atom. The first kappa shape index (κ1) is 26.1. The van der Waals surface area contributed by atoms with Crippen molar-refractivity contribution in [1.29, 1.82) is 0 Å². The molecule has 3 atom stereocenters. The molecular formula is C29H35N3O3. The summed E-state index contributed by atoms with van der Waals surface area (Å²) < 4.78 is 0. The van der Waals surface area contributed by atoms with Crippen LogP contribution in [0.4, 0.5) is 0 Å². The van der Waals surface area contributed by atoms with Crippen molar-refractivity contribution in [2.24, 2.45) is 0 Å². The molecule has 0 spiro atoms. The lowest BCUT2D eigenvalue weighted by Crippen LogP contribution is -2.59. The third-order valence-corrected chi connectivity index (χ3v) is 6.17. The van der Waals surface area contributed by atoms with Crippen molar-refractivity contribution in [2.75, 3.05) is 13.2 Å². The number of benzene rings is 3. The van der Waals surface area contributed by atoms with Gasteiger partial charge in [0.05, 0.1) is 12.6 Å². The maximum Gasteiger partial charge on any atom is 0.239 e. The van der Waals surface area contributed by atoms with Crippen LogP contribution in [0.3, 0.4) is 0 Å². The minimum Gasteiger partial charge on any atom is -0.394 e. The van der Waals surface area contributed by atoms with E-state index in [1.54, 1.807) is 4.90 Å². The SMILES string of the molecule is CC(=O)N(Cc1ccccc1)C(CO)[C@H](NCc1ccccc1)C(=O)NC[C@H](C)c1ccccc1. The van der Waals surface area contributed by atoms with E-state index in [0.717, 1.165) is 16.7 Å². The summed E-state index contributed by atoms with van der Waals surface area (Å²) in [4.78, 5) is 27.7. The number of aliphatic hydroxyl groups excluding tert-OH is 1. The van der Waals surface area contributed by atoms with E-state index in [9.17, 15) is 14.7 Å². The van der Waals surface area contributed by atoms with Gasteiger partial charge in [0, 0.05) is 26.6 Å². The van der Waals surface area contributed by atoms with E-state index in [0.29, 0.717) is 19.6 Å². The molecule has 0 bridgehead atoms. The van der Waals surface area contributed by atoms with Crippen molar-refractivity contribution in [1.82, 2.24) is 15.5 Å². The monoisotopic (exact) mass is 473 g/mol. The molecule has 3 aromatic carbocycles. The average Bonchev–Trinajstić information content (AvgIpc) is 2.90. The number of carbonyl (C=O) groups is 2. The molecule has 6 nitrogen and oxygen atoms in total. The van der Waals surface area contributed by atoms with E-state index in [1.807, 2.05) is 91.0 Å². The van der Waals surface area contributed by atoms with Crippen LogP contribution in [0.15, 0.2) is 91.0 Å². The summed E-state index contributed by atoms with van der Waals surface area (Å²) in [6, 6.07) is 27.8. The number of carbonyl (C=O) groups excluding carboxylic acids is 2. The number of amides is 2. The van der Waals surface area contributed by atoms with Crippen molar-refractivity contribution in [3.8, 4) is 0 Å². The van der Waals surface area contributed by atoms with Crippen LogP contribution in [0.5, 0.6) is 0 Å². The number of hydrogen-bond donors (Lipinski definition) is 3. The highest BCUT2D eigenvalue weighted by Gasteiger charge is 2.34. The van der Waals surface area contributed by atoms with Crippen LogP contribution in [0.25, 0.3) is 0 Å². The van der Waals surface area contributed by atoms with E-state index in [-0.39, 0.29) is 24.3 Å². The van der Waals surface area contributed by atoms with E-state index in [2.05, 4.69) is 17.6 Å². The second-order valence-electron chi connectivity index (χ2n) is 8.78. The predicted octanol–water partition coefficient (Wildman–Crippen LogP) is 3.47. The Labute approximate surface area is 208 Å². The van der Waals surface area contributed by atoms with Gasteiger partial charge in [-0.1, -0.05) is 97.9 Å². The summed E-state index contributed by atoms with van der Waals surface area (Å²) in [6.07, 6.45) is 0. The van der Waals surface area contributed by atoms with Gasteiger partial charge < -0.3 is 15.3 Å². The summed E-state index contributed by atoms with van der Waals surface area (Å²) in [7, 11) is 0. The Hall–Kier alpha value is -3.48. The zero-order valence-corrected chi connectivity index (χ0v) is 20.4. The lowest BCUT2D eigenvalue weighted by molar-refractivity contribution is -0.136. The maximum atomic E-state index is 13.5. The third kappa shape index (κ3) is 7.77. The van der Waals surface area contributed by atoms with Crippen LogP contribution in [0.2, 0.25) is 0 Å². The van der Waals surface area contributed by atoms with Crippen LogP contribution in [0, 0.1) is 0 Å². The molecule has 3 N–H and O–H groups in total. The summed E-state index contributed by atoms with van der Waals surface area (Å²) in [5.74, 6) is -0.331. The molecule has 0 radical (unpaired) electrons. The normalized spacial score (nSPS) is 13.5. The van der Waals surface area contributed by atoms with Crippen LogP contribution in [-0.4, -0.2) is 47.1 Å². The van der Waals surface area contributed by atoms with Crippen molar-refractivity contribution in [3.63, 3.8) is 0 Å². The topological polar surface area (TPSA) is 81.7 Å². The molecule has 3 rings (SSSR count). The molecular weight excluding hydrogens is 438 g/mol. The van der Waals surface area contributed by atoms with Gasteiger partial charge in [0.2, 0.25) is 11.8 Å². The van der Waals surface area contributed by atoms with Gasteiger partial charge in [0.25, 0.3) is 0 Å². The molecule has 3 aromatic rings. The van der Waals surface area contributed by atoms with Gasteiger partial charge >= 0.3 is 0 Å². The Morgan fingerprint density at radius 1 is 0.857 bits per heavy atom. The zero-order valence-electron chi connectivity index (χ0n) is 20.4. The van der Waals surface area contributed by atoms with Gasteiger partial charge in [-0.05, 0) is 22.6 Å². The van der Waals surface area contributed by atoms with Gasteiger partial charge in [-0.15, -0.1) is 0 Å². The van der Waals surface area contributed by atoms with Crippen LogP contribution in [-0.2, 0) is 22.7 Å². The van der Waals surface area contributed by atoms with E-state index in [4.69, 9.17) is 0 Å². The molecule has 0 saturated carbocycles. The smallest absolute Gasteiger partial charge is 0.239 e. The first-order valence-electron chi connectivity index (χ1n) is 12.0. The molecule has 0 aliphatic heterocycles. The third-order valence-electron chi connectivity index (χ3n) is 6.17. The van der Waals surface area contributed by atoms with Crippen molar-refractivity contribution in [3.05, 3.63) is 108 Å². The molecule has 6 heteroatoms. The Bertz CT molecular complexity index is 1040. The molecule has 0 aliphatic rings. The second kappa shape index (κ2) is 13.4. The van der Waals surface area contributed by atoms with Crippen molar-refractivity contribution >= 4 is 11.8 Å². The minimum absolute atomic E-state index is 0.121. The Morgan fingerprint density at radius 2 is 1.40 bits per heavy atom. The van der Waals surface area contributed by atoms with Gasteiger partial charge in [-0.2, -0.15) is 0 Å². The number of aliphatic hydroxyl groups is 1. The fourth-order valence-corrected chi connectivity index (χ4v) is 4.12. The largest absolute Gasteiger partial charge is 0.394 e. The van der Waals surface area contributed by atoms with Crippen molar-refractivity contribution < 1.29 is 14.7 Å². The fourth-order valence-electron chi connectivity index (χ4n) is 4.12. The second-order valence-corrected chi connectivity index (χ2v) is 8.78. The molecule has 0 fully saturated rings. The molecule has 35 heavy (non-hydrogen) atoms. The lowest BCUT2D eigenvalue weighted by Gasteiger charge is -2.35. The standard InChI is InChI=1S/C29H35N3O3/c1-22(26-16-10-5-11-17-26)18-31-29(35)28(30-19-24-12-6-3-7-13-24)27(21-33)32(23(2)34)20-25-14-8-4-9-15-25/h3-17,22,27-28,30,33H,18-21H2,1-2H3,(H,31,35)/t22-,27?,28-/m0/s1. The molecule has 0 saturated heterocycles. The first-order chi connectivity index (χ1) is 17.0. The summed E-state index contributed by atoms with van der Waals surface area (Å²) >= 11 is 0. The summed E-state index contributed by atoms with van der Waals surface area (Å²) in [6.45, 7) is 4.36. The highest BCUT2D eigenvalue weighted by atomic mass is 16.3. The van der Waals surface area contributed by atoms with E-state index < -0.39 is 12.1 Å². The fraction of sp³-hybridized carbons (Fsp3) is 0.310. The molecule has 2 amide bonds. The quantitative estimate of drug-likeness (QED) is 0.376. The van der Waals surface area contributed by atoms with Crippen LogP contribution >= 0.6 is 0 Å². The Balaban J connectivity index is 1.79. The van der Waals surface area contributed by atoms with Gasteiger partial charge in [0.1, 0.15) is 6.04 Å². The maximum absolute atomic E-state index is 13.5. The zero-order chi connectivity index (χ0) is 25.0. The summed E-state index contributed by atoms with van der Waals surface area (Å²) in [5.41, 5.74) is 3.08. The highest BCUT2D eigenvalue weighted by molar-refractivity contribution is 5.84. The number of rotatable bonds is 12. The van der Waals surface area contributed by atoms with Crippen molar-refractivity contribution in [2.45, 2.75) is 44.9 Å². The van der Waals surface area contributed by atoms with E-state index in [1.165, 1.54) is 6.92 Å². The first-order valence-corrected chi connectivity index (χ1v) is 12.0. The molecule has 0 aliphatic carbocycles. The lowest BCUT2D eigenvalue weighted by atomic mass is 10.0. The molecule has 1 unspecified atom stereocenters. The van der Waals surface area contributed by atoms with Crippen LogP contribution in [0.1, 0.15) is 36.5 Å². The average molecular weight is 474 g/mol. The number of nitrogens with zero attached hydrogens (tertiary/aromatic N) is 1. The Kier molecular flexibility index (Phi) is 10.0. The van der Waals surface area contributed by atoms with Gasteiger partial charge in [0.15, 0.2) is 0 Å². The molecule has 184 valence electrons. The predicted molar refractivity (Wildman–Crippen MR) is 138 cm³/mol. The van der Waals surface area contributed by atoms with Gasteiger partial charge in [-0.3, -0.25) is 14.9 Å². The highest BCUT2D eigenvalue weighted by Crippen LogP contribution is 2.15. The minimum atomic E-state index is -0.796. The van der Waals surface area contributed by atoms with Gasteiger partial charge in [-0.25, -0.2) is 0 Å². The summed E-state index contributed by atoms with van der Waals surface area (Å²) in [5, 5.41) is 16.7. The van der Waals surface area contributed by atoms with Crippen LogP contribution < -0.4 is 10.6 Å².